The first kappa shape index (κ1) is 25.7. The van der Waals surface area contributed by atoms with Crippen LogP contribution in [0.1, 0.15) is 12.5 Å². The molecule has 1 fully saturated rings. The number of aliphatic hydroxyl groups excluding tert-OH is 5. The van der Waals surface area contributed by atoms with Crippen molar-refractivity contribution in [1.82, 2.24) is 0 Å². The van der Waals surface area contributed by atoms with E-state index in [2.05, 4.69) is 0 Å². The van der Waals surface area contributed by atoms with E-state index in [1.807, 2.05) is 0 Å². The largest absolute Gasteiger partial charge is 0.504 e. The first-order chi connectivity index (χ1) is 15.1. The second-order valence-corrected chi connectivity index (χ2v) is 6.97. The molecule has 1 aliphatic rings. The minimum atomic E-state index is -1.62. The van der Waals surface area contributed by atoms with E-state index in [-0.39, 0.29) is 11.5 Å². The second-order valence-electron chi connectivity index (χ2n) is 6.97. The van der Waals surface area contributed by atoms with Crippen molar-refractivity contribution in [2.24, 2.45) is 0 Å². The molecule has 6 unspecified atom stereocenters. The molecule has 0 bridgehead atoms. The number of hydrogen-bond acceptors (Lipinski definition) is 12. The van der Waals surface area contributed by atoms with E-state index in [1.165, 1.54) is 31.2 Å². The van der Waals surface area contributed by atoms with Crippen molar-refractivity contribution in [2.45, 2.75) is 43.7 Å². The SMILES string of the molecule is CC(=O)Oc1ccc(C=CC(=O)OCC(O)COC2OC(CO)C(O)C(O)C2O)cc1O. The molecule has 2 rings (SSSR count). The molecule has 1 aromatic rings. The van der Waals surface area contributed by atoms with Crippen molar-refractivity contribution in [2.75, 3.05) is 19.8 Å². The Morgan fingerprint density at radius 1 is 1.16 bits per heavy atom. The summed E-state index contributed by atoms with van der Waals surface area (Å²) in [6, 6.07) is 4.11. The van der Waals surface area contributed by atoms with E-state index in [4.69, 9.17) is 24.1 Å². The fraction of sp³-hybridized carbons (Fsp3) is 0.500. The van der Waals surface area contributed by atoms with Gasteiger partial charge in [-0.15, -0.1) is 0 Å². The van der Waals surface area contributed by atoms with Crippen LogP contribution in [0.5, 0.6) is 11.5 Å². The minimum Gasteiger partial charge on any atom is -0.504 e. The van der Waals surface area contributed by atoms with E-state index >= 15 is 0 Å². The van der Waals surface area contributed by atoms with Gasteiger partial charge >= 0.3 is 11.9 Å². The fourth-order valence-corrected chi connectivity index (χ4v) is 2.73. The van der Waals surface area contributed by atoms with Crippen LogP contribution in [0.3, 0.4) is 0 Å². The van der Waals surface area contributed by atoms with Crippen LogP contribution in [0.15, 0.2) is 24.3 Å². The van der Waals surface area contributed by atoms with Gasteiger partial charge in [0.15, 0.2) is 17.8 Å². The molecular weight excluding hydrogens is 432 g/mol. The van der Waals surface area contributed by atoms with Crippen molar-refractivity contribution >= 4 is 18.0 Å². The van der Waals surface area contributed by atoms with Gasteiger partial charge in [-0.2, -0.15) is 0 Å². The molecule has 0 radical (unpaired) electrons. The molecule has 1 saturated heterocycles. The number of hydrogen-bond donors (Lipinski definition) is 6. The Kier molecular flexibility index (Phi) is 9.53. The maximum absolute atomic E-state index is 11.8. The Hall–Kier alpha value is -2.58. The zero-order valence-electron chi connectivity index (χ0n) is 17.1. The third-order valence-corrected chi connectivity index (χ3v) is 4.37. The van der Waals surface area contributed by atoms with E-state index in [1.54, 1.807) is 0 Å². The summed E-state index contributed by atoms with van der Waals surface area (Å²) >= 11 is 0. The lowest BCUT2D eigenvalue weighted by atomic mass is 9.99. The lowest BCUT2D eigenvalue weighted by Crippen LogP contribution is -2.59. The second kappa shape index (κ2) is 11.9. The number of esters is 2. The van der Waals surface area contributed by atoms with Crippen LogP contribution in [0.25, 0.3) is 6.08 Å². The number of ether oxygens (including phenoxy) is 4. The number of phenols is 1. The third-order valence-electron chi connectivity index (χ3n) is 4.37. The summed E-state index contributed by atoms with van der Waals surface area (Å²) in [5, 5.41) is 58.0. The quantitative estimate of drug-likeness (QED) is 0.136. The average Bonchev–Trinajstić information content (AvgIpc) is 2.75. The van der Waals surface area contributed by atoms with Crippen molar-refractivity contribution in [3.05, 3.63) is 29.8 Å². The summed E-state index contributed by atoms with van der Waals surface area (Å²) in [6.45, 7) is -0.337. The van der Waals surface area contributed by atoms with Gasteiger partial charge in [0.05, 0.1) is 13.2 Å². The Morgan fingerprint density at radius 2 is 1.88 bits per heavy atom. The predicted octanol–water partition coefficient (Wildman–Crippen LogP) is -1.95. The van der Waals surface area contributed by atoms with E-state index < -0.39 is 68.6 Å². The minimum absolute atomic E-state index is 0.0280. The summed E-state index contributed by atoms with van der Waals surface area (Å²) in [4.78, 5) is 22.7. The molecule has 0 spiro atoms. The van der Waals surface area contributed by atoms with Crippen LogP contribution in [-0.4, -0.2) is 99.2 Å². The Morgan fingerprint density at radius 3 is 2.50 bits per heavy atom. The molecule has 1 aliphatic heterocycles. The molecule has 178 valence electrons. The van der Waals surface area contributed by atoms with Gasteiger partial charge in [0, 0.05) is 13.0 Å². The highest BCUT2D eigenvalue weighted by atomic mass is 16.7. The predicted molar refractivity (Wildman–Crippen MR) is 105 cm³/mol. The molecule has 12 heteroatoms. The highest BCUT2D eigenvalue weighted by molar-refractivity contribution is 5.87. The standard InChI is InChI=1S/C20H26O12/c1-10(22)31-14-4-2-11(6-13(14)24)3-5-16(25)29-8-12(23)9-30-20-19(28)18(27)17(26)15(7-21)32-20/h2-6,12,15,17-21,23-24,26-28H,7-9H2,1H3. The zero-order chi connectivity index (χ0) is 23.8. The van der Waals surface area contributed by atoms with Crippen LogP contribution in [0.2, 0.25) is 0 Å². The smallest absolute Gasteiger partial charge is 0.330 e. The number of aromatic hydroxyl groups is 1. The maximum atomic E-state index is 11.8. The van der Waals surface area contributed by atoms with Gasteiger partial charge in [0.1, 0.15) is 37.1 Å². The number of carbonyl (C=O) groups excluding carboxylic acids is 2. The normalized spacial score (nSPS) is 26.6. The molecule has 0 saturated carbocycles. The van der Waals surface area contributed by atoms with E-state index in [0.29, 0.717) is 5.56 Å². The number of carbonyl (C=O) groups is 2. The zero-order valence-corrected chi connectivity index (χ0v) is 17.1. The first-order valence-electron chi connectivity index (χ1n) is 9.58. The Bertz CT molecular complexity index is 808. The Labute approximate surface area is 182 Å². The van der Waals surface area contributed by atoms with Crippen molar-refractivity contribution < 1.29 is 59.2 Å². The van der Waals surface area contributed by atoms with Gasteiger partial charge in [-0.25, -0.2) is 4.79 Å². The topological polar surface area (TPSA) is 192 Å². The van der Waals surface area contributed by atoms with Gasteiger partial charge in [0.25, 0.3) is 0 Å². The summed E-state index contributed by atoms with van der Waals surface area (Å²) in [5.74, 6) is -1.72. The number of benzene rings is 1. The van der Waals surface area contributed by atoms with Gasteiger partial charge in [-0.05, 0) is 23.8 Å². The fourth-order valence-electron chi connectivity index (χ4n) is 2.73. The lowest BCUT2D eigenvalue weighted by molar-refractivity contribution is -0.304. The molecule has 6 N–H and O–H groups in total. The Balaban J connectivity index is 1.78. The summed E-state index contributed by atoms with van der Waals surface area (Å²) in [5.41, 5.74) is 0.418. The number of rotatable bonds is 9. The molecule has 0 aromatic heterocycles. The molecule has 32 heavy (non-hydrogen) atoms. The van der Waals surface area contributed by atoms with Crippen LogP contribution >= 0.6 is 0 Å². The lowest BCUT2D eigenvalue weighted by Gasteiger charge is -2.39. The van der Waals surface area contributed by atoms with Gasteiger partial charge < -0.3 is 49.6 Å². The molecule has 1 aromatic carbocycles. The monoisotopic (exact) mass is 458 g/mol. The highest BCUT2D eigenvalue weighted by Gasteiger charge is 2.44. The number of phenolic OH excluding ortho intramolecular Hbond substituents is 1. The van der Waals surface area contributed by atoms with Gasteiger partial charge in [-0.1, -0.05) is 6.07 Å². The van der Waals surface area contributed by atoms with Crippen molar-refractivity contribution in [3.63, 3.8) is 0 Å². The highest BCUT2D eigenvalue weighted by Crippen LogP contribution is 2.27. The van der Waals surface area contributed by atoms with Gasteiger partial charge in [-0.3, -0.25) is 4.79 Å². The summed E-state index contributed by atoms with van der Waals surface area (Å²) < 4.78 is 19.9. The first-order valence-corrected chi connectivity index (χ1v) is 9.58. The molecule has 12 nitrogen and oxygen atoms in total. The van der Waals surface area contributed by atoms with E-state index in [0.717, 1.165) is 6.08 Å². The molecule has 0 aliphatic carbocycles. The maximum Gasteiger partial charge on any atom is 0.330 e. The molecule has 1 heterocycles. The summed E-state index contributed by atoms with van der Waals surface area (Å²) in [6.07, 6.45) is -6.26. The van der Waals surface area contributed by atoms with Crippen LogP contribution < -0.4 is 4.74 Å². The molecule has 6 atom stereocenters. The molecular formula is C20H26O12. The van der Waals surface area contributed by atoms with E-state index in [9.17, 15) is 35.1 Å². The van der Waals surface area contributed by atoms with Gasteiger partial charge in [0.2, 0.25) is 0 Å². The number of aliphatic hydroxyl groups is 5. The van der Waals surface area contributed by atoms with Crippen LogP contribution in [0.4, 0.5) is 0 Å². The van der Waals surface area contributed by atoms with Crippen LogP contribution in [0, 0.1) is 0 Å². The van der Waals surface area contributed by atoms with Crippen molar-refractivity contribution in [1.29, 1.82) is 0 Å². The average molecular weight is 458 g/mol. The molecule has 0 amide bonds. The van der Waals surface area contributed by atoms with Crippen LogP contribution in [-0.2, 0) is 23.8 Å². The summed E-state index contributed by atoms with van der Waals surface area (Å²) in [7, 11) is 0. The van der Waals surface area contributed by atoms with Crippen molar-refractivity contribution in [3.8, 4) is 11.5 Å². The third kappa shape index (κ3) is 7.24.